The molecule has 1 aliphatic rings. The summed E-state index contributed by atoms with van der Waals surface area (Å²) in [4.78, 5) is 24.7. The van der Waals surface area contributed by atoms with Crippen molar-refractivity contribution in [2.45, 2.75) is 13.3 Å². The summed E-state index contributed by atoms with van der Waals surface area (Å²) in [5.74, 6) is -1.37. The lowest BCUT2D eigenvalue weighted by atomic mass is 9.87. The Morgan fingerprint density at radius 3 is 2.72 bits per heavy atom. The summed E-state index contributed by atoms with van der Waals surface area (Å²) in [5, 5.41) is 16.5. The number of nitrogens with zero attached hydrogens (tertiary/aromatic N) is 4. The van der Waals surface area contributed by atoms with E-state index in [9.17, 15) is 9.59 Å². The molecule has 0 spiro atoms. The second kappa shape index (κ2) is 4.75. The van der Waals surface area contributed by atoms with Crippen LogP contribution in [0.2, 0.25) is 0 Å². The van der Waals surface area contributed by atoms with Crippen LogP contribution in [-0.2, 0) is 11.8 Å². The Morgan fingerprint density at radius 2 is 2.22 bits per heavy atom. The number of piperidine rings is 1. The molecule has 1 amide bonds. The van der Waals surface area contributed by atoms with E-state index < -0.39 is 5.97 Å². The minimum Gasteiger partial charge on any atom is -0.481 e. The van der Waals surface area contributed by atoms with Gasteiger partial charge in [-0.1, -0.05) is 12.1 Å². The smallest absolute Gasteiger partial charge is 0.306 e. The van der Waals surface area contributed by atoms with Crippen LogP contribution in [-0.4, -0.2) is 50.0 Å². The van der Waals surface area contributed by atoms with Gasteiger partial charge >= 0.3 is 5.97 Å². The molecule has 2 rings (SSSR count). The summed E-state index contributed by atoms with van der Waals surface area (Å²) < 4.78 is 1.47. The van der Waals surface area contributed by atoms with Crippen LogP contribution in [0.4, 0.5) is 0 Å². The third-order valence-corrected chi connectivity index (χ3v) is 3.33. The first-order valence-electron chi connectivity index (χ1n) is 5.87. The van der Waals surface area contributed by atoms with E-state index in [-0.39, 0.29) is 17.7 Å². The third kappa shape index (κ3) is 2.34. The molecular formula is C11H16N4O3. The van der Waals surface area contributed by atoms with Gasteiger partial charge in [0.25, 0.3) is 5.91 Å². The molecule has 1 fully saturated rings. The molecule has 1 saturated heterocycles. The maximum absolute atomic E-state index is 12.1. The van der Waals surface area contributed by atoms with Crippen molar-refractivity contribution in [3.05, 3.63) is 11.9 Å². The van der Waals surface area contributed by atoms with Crippen molar-refractivity contribution in [2.24, 2.45) is 18.9 Å². The summed E-state index contributed by atoms with van der Waals surface area (Å²) in [7, 11) is 1.70. The molecule has 18 heavy (non-hydrogen) atoms. The topological polar surface area (TPSA) is 88.3 Å². The molecule has 2 unspecified atom stereocenters. The van der Waals surface area contributed by atoms with Crippen molar-refractivity contribution in [3.8, 4) is 0 Å². The maximum Gasteiger partial charge on any atom is 0.306 e. The van der Waals surface area contributed by atoms with Crippen molar-refractivity contribution < 1.29 is 14.7 Å². The van der Waals surface area contributed by atoms with Crippen molar-refractivity contribution in [1.82, 2.24) is 19.9 Å². The number of carboxylic acids is 1. The van der Waals surface area contributed by atoms with E-state index >= 15 is 0 Å². The normalized spacial score (nSPS) is 24.0. The average Bonchev–Trinajstić information content (AvgIpc) is 2.74. The molecule has 0 saturated carbocycles. The van der Waals surface area contributed by atoms with E-state index in [0.29, 0.717) is 25.2 Å². The molecule has 1 N–H and O–H groups in total. The summed E-state index contributed by atoms with van der Waals surface area (Å²) >= 11 is 0. The van der Waals surface area contributed by atoms with Gasteiger partial charge in [0, 0.05) is 20.1 Å². The van der Waals surface area contributed by atoms with Crippen LogP contribution < -0.4 is 0 Å². The van der Waals surface area contributed by atoms with Gasteiger partial charge in [0.15, 0.2) is 5.69 Å². The zero-order chi connectivity index (χ0) is 13.3. The van der Waals surface area contributed by atoms with Gasteiger partial charge in [-0.05, 0) is 12.3 Å². The second-order valence-corrected chi connectivity index (χ2v) is 4.74. The van der Waals surface area contributed by atoms with Crippen LogP contribution in [0.5, 0.6) is 0 Å². The zero-order valence-corrected chi connectivity index (χ0v) is 10.4. The van der Waals surface area contributed by atoms with Crippen molar-refractivity contribution in [3.63, 3.8) is 0 Å². The van der Waals surface area contributed by atoms with Crippen LogP contribution in [0.15, 0.2) is 6.20 Å². The lowest BCUT2D eigenvalue weighted by Crippen LogP contribution is -2.45. The molecule has 1 aliphatic heterocycles. The number of carboxylic acid groups (broad SMARTS) is 1. The number of carbonyl (C=O) groups excluding carboxylic acids is 1. The molecule has 98 valence electrons. The summed E-state index contributed by atoms with van der Waals surface area (Å²) in [6.07, 6.45) is 2.05. The Labute approximate surface area is 104 Å². The van der Waals surface area contributed by atoms with Gasteiger partial charge in [0.05, 0.1) is 12.1 Å². The largest absolute Gasteiger partial charge is 0.481 e. The van der Waals surface area contributed by atoms with E-state index in [1.807, 2.05) is 6.92 Å². The van der Waals surface area contributed by atoms with Gasteiger partial charge in [0.1, 0.15) is 0 Å². The second-order valence-electron chi connectivity index (χ2n) is 4.74. The van der Waals surface area contributed by atoms with Crippen LogP contribution in [0.1, 0.15) is 23.8 Å². The van der Waals surface area contributed by atoms with Gasteiger partial charge in [-0.2, -0.15) is 0 Å². The SMILES string of the molecule is CC1CN(C(=O)c2cn(C)nn2)CCC1C(=O)O. The minimum atomic E-state index is -0.783. The maximum atomic E-state index is 12.1. The van der Waals surface area contributed by atoms with Gasteiger partial charge in [-0.25, -0.2) is 0 Å². The molecule has 7 nitrogen and oxygen atoms in total. The van der Waals surface area contributed by atoms with Gasteiger partial charge < -0.3 is 10.0 Å². The summed E-state index contributed by atoms with van der Waals surface area (Å²) in [6.45, 7) is 2.76. The first-order chi connectivity index (χ1) is 8.49. The van der Waals surface area contributed by atoms with Crippen LogP contribution in [0.25, 0.3) is 0 Å². The van der Waals surface area contributed by atoms with E-state index in [4.69, 9.17) is 5.11 Å². The van der Waals surface area contributed by atoms with Crippen molar-refractivity contribution in [1.29, 1.82) is 0 Å². The van der Waals surface area contributed by atoms with Crippen LogP contribution >= 0.6 is 0 Å². The molecule has 0 bridgehead atoms. The Hall–Kier alpha value is -1.92. The van der Waals surface area contributed by atoms with Gasteiger partial charge in [-0.15, -0.1) is 5.10 Å². The van der Waals surface area contributed by atoms with Crippen molar-refractivity contribution >= 4 is 11.9 Å². The quantitative estimate of drug-likeness (QED) is 0.800. The predicted octanol–water partition coefficient (Wildman–Crippen LogP) is -0.00210. The Bertz CT molecular complexity index is 471. The van der Waals surface area contributed by atoms with E-state index in [0.717, 1.165) is 0 Å². The summed E-state index contributed by atoms with van der Waals surface area (Å²) in [6, 6.07) is 0. The van der Waals surface area contributed by atoms with Crippen LogP contribution in [0.3, 0.4) is 0 Å². The minimum absolute atomic E-state index is 0.0446. The number of hydrogen-bond acceptors (Lipinski definition) is 4. The number of hydrogen-bond donors (Lipinski definition) is 1. The first kappa shape index (κ1) is 12.5. The fourth-order valence-corrected chi connectivity index (χ4v) is 2.30. The van der Waals surface area contributed by atoms with Crippen molar-refractivity contribution in [2.75, 3.05) is 13.1 Å². The highest BCUT2D eigenvalue weighted by atomic mass is 16.4. The summed E-state index contributed by atoms with van der Waals surface area (Å²) in [5.41, 5.74) is 0.304. The molecule has 0 aliphatic carbocycles. The molecule has 2 heterocycles. The Morgan fingerprint density at radius 1 is 1.50 bits per heavy atom. The number of amides is 1. The first-order valence-corrected chi connectivity index (χ1v) is 5.87. The monoisotopic (exact) mass is 252 g/mol. The highest BCUT2D eigenvalue weighted by Crippen LogP contribution is 2.24. The Kier molecular flexibility index (Phi) is 3.31. The van der Waals surface area contributed by atoms with Gasteiger partial charge in [-0.3, -0.25) is 14.3 Å². The highest BCUT2D eigenvalue weighted by molar-refractivity contribution is 5.92. The van der Waals surface area contributed by atoms with E-state index in [1.54, 1.807) is 18.1 Å². The molecule has 0 aromatic carbocycles. The third-order valence-electron chi connectivity index (χ3n) is 3.33. The molecule has 2 atom stereocenters. The average molecular weight is 252 g/mol. The van der Waals surface area contributed by atoms with Crippen LogP contribution in [0, 0.1) is 11.8 Å². The predicted molar refractivity (Wildman–Crippen MR) is 61.8 cm³/mol. The lowest BCUT2D eigenvalue weighted by molar-refractivity contribution is -0.145. The molecule has 7 heteroatoms. The number of rotatable bonds is 2. The zero-order valence-electron chi connectivity index (χ0n) is 10.4. The standard InChI is InChI=1S/C11H16N4O3/c1-7-5-15(4-3-8(7)11(17)18)10(16)9-6-14(2)13-12-9/h6-8H,3-5H2,1-2H3,(H,17,18). The lowest BCUT2D eigenvalue weighted by Gasteiger charge is -2.34. The number of aryl methyl sites for hydroxylation is 1. The molecular weight excluding hydrogens is 236 g/mol. The molecule has 1 aromatic rings. The Balaban J connectivity index is 2.04. The van der Waals surface area contributed by atoms with E-state index in [1.165, 1.54) is 4.68 Å². The van der Waals surface area contributed by atoms with Gasteiger partial charge in [0.2, 0.25) is 0 Å². The number of aromatic nitrogens is 3. The fraction of sp³-hybridized carbons (Fsp3) is 0.636. The molecule has 1 aromatic heterocycles. The number of aliphatic carboxylic acids is 1. The fourth-order valence-electron chi connectivity index (χ4n) is 2.30. The highest BCUT2D eigenvalue weighted by Gasteiger charge is 2.33. The molecule has 0 radical (unpaired) electrons. The number of likely N-dealkylation sites (tertiary alicyclic amines) is 1. The number of carbonyl (C=O) groups is 2. The van der Waals surface area contributed by atoms with E-state index in [2.05, 4.69) is 10.3 Å².